The third-order valence-corrected chi connectivity index (χ3v) is 13.0. The maximum absolute atomic E-state index is 7.07. The van der Waals surface area contributed by atoms with Gasteiger partial charge < -0.3 is 8.98 Å². The smallest absolute Gasteiger partial charge is 0.164 e. The Morgan fingerprint density at radius 2 is 0.809 bits per heavy atom. The van der Waals surface area contributed by atoms with Crippen LogP contribution < -0.4 is 0 Å². The molecule has 0 radical (unpaired) electrons. The molecule has 0 spiro atoms. The molecule has 0 saturated carbocycles. The lowest BCUT2D eigenvalue weighted by Crippen LogP contribution is -2.01. The highest BCUT2D eigenvalue weighted by Crippen LogP contribution is 2.46. The summed E-state index contributed by atoms with van der Waals surface area (Å²) in [5.74, 6) is 1.77. The molecule has 0 bridgehead atoms. The lowest BCUT2D eigenvalue weighted by atomic mass is 9.90. The van der Waals surface area contributed by atoms with Crippen LogP contribution in [0.5, 0.6) is 0 Å². The standard InChI is InChI=1S/C63H40N4O/c1-6-19-41(20-7-1)46-37-47(42-21-8-2-9-22-42)39-48(38-46)45-33-34-50(54(40-45)63-65-61(43-23-10-3-11-24-43)64-62(66-63)44-25-12-4-13-26-44)51-30-18-31-53-59-57(68-60(51)53)36-35-56-58(59)52-29-16-17-32-55(52)67(56)49-27-14-5-15-28-49/h1-40H. The molecule has 318 valence electrons. The Balaban J connectivity index is 1.08. The summed E-state index contributed by atoms with van der Waals surface area (Å²) in [7, 11) is 0. The van der Waals surface area contributed by atoms with Gasteiger partial charge in [0.15, 0.2) is 17.5 Å². The zero-order valence-electron chi connectivity index (χ0n) is 36.8. The first kappa shape index (κ1) is 39.2. The van der Waals surface area contributed by atoms with Gasteiger partial charge >= 0.3 is 0 Å². The lowest BCUT2D eigenvalue weighted by molar-refractivity contribution is 0.670. The summed E-state index contributed by atoms with van der Waals surface area (Å²) in [5, 5.41) is 4.48. The van der Waals surface area contributed by atoms with Crippen LogP contribution in [0.1, 0.15) is 0 Å². The van der Waals surface area contributed by atoms with Crippen LogP contribution in [0.25, 0.3) is 128 Å². The van der Waals surface area contributed by atoms with Crippen LogP contribution >= 0.6 is 0 Å². The van der Waals surface area contributed by atoms with Crippen molar-refractivity contribution in [1.29, 1.82) is 0 Å². The summed E-state index contributed by atoms with van der Waals surface area (Å²) in [6.45, 7) is 0. The number of rotatable bonds is 8. The van der Waals surface area contributed by atoms with E-state index in [1.54, 1.807) is 0 Å². The van der Waals surface area contributed by atoms with Crippen LogP contribution in [0.15, 0.2) is 247 Å². The highest BCUT2D eigenvalue weighted by Gasteiger charge is 2.23. The van der Waals surface area contributed by atoms with Crippen molar-refractivity contribution in [1.82, 2.24) is 19.5 Å². The highest BCUT2D eigenvalue weighted by atomic mass is 16.3. The monoisotopic (exact) mass is 868 g/mol. The third-order valence-electron chi connectivity index (χ3n) is 13.0. The van der Waals surface area contributed by atoms with Crippen molar-refractivity contribution in [2.75, 3.05) is 0 Å². The number of para-hydroxylation sites is 3. The molecule has 0 atom stereocenters. The van der Waals surface area contributed by atoms with E-state index < -0.39 is 0 Å². The molecule has 3 heterocycles. The van der Waals surface area contributed by atoms with Crippen molar-refractivity contribution in [3.8, 4) is 84.4 Å². The first-order valence-electron chi connectivity index (χ1n) is 22.9. The van der Waals surface area contributed by atoms with Gasteiger partial charge in [0.1, 0.15) is 11.2 Å². The fraction of sp³-hybridized carbons (Fsp3) is 0. The first-order valence-corrected chi connectivity index (χ1v) is 22.9. The van der Waals surface area contributed by atoms with E-state index in [0.717, 1.165) is 99.9 Å². The average Bonchev–Trinajstić information content (AvgIpc) is 3.98. The van der Waals surface area contributed by atoms with Crippen LogP contribution in [0.2, 0.25) is 0 Å². The predicted octanol–water partition coefficient (Wildman–Crippen LogP) is 16.5. The number of furan rings is 1. The molecular weight excluding hydrogens is 829 g/mol. The van der Waals surface area contributed by atoms with E-state index in [0.29, 0.717) is 17.5 Å². The summed E-state index contributed by atoms with van der Waals surface area (Å²) < 4.78 is 9.43. The van der Waals surface area contributed by atoms with Gasteiger partial charge in [-0.05, 0) is 93.5 Å². The zero-order valence-corrected chi connectivity index (χ0v) is 36.8. The molecule has 3 aromatic heterocycles. The minimum atomic E-state index is 0.568. The molecule has 0 amide bonds. The second-order valence-electron chi connectivity index (χ2n) is 17.1. The van der Waals surface area contributed by atoms with Crippen molar-refractivity contribution < 1.29 is 4.42 Å². The van der Waals surface area contributed by atoms with Crippen molar-refractivity contribution in [3.63, 3.8) is 0 Å². The van der Waals surface area contributed by atoms with Crippen LogP contribution in [-0.2, 0) is 0 Å². The predicted molar refractivity (Wildman–Crippen MR) is 279 cm³/mol. The molecule has 13 aromatic rings. The second-order valence-corrected chi connectivity index (χ2v) is 17.1. The molecule has 0 N–H and O–H groups in total. The van der Waals surface area contributed by atoms with E-state index in [9.17, 15) is 0 Å². The quantitative estimate of drug-likeness (QED) is 0.153. The molecule has 0 aliphatic carbocycles. The third kappa shape index (κ3) is 6.76. The SMILES string of the molecule is c1ccc(-c2cc(-c3ccccc3)cc(-c3ccc(-c4cccc5c4oc4ccc6c(c7ccccc7n6-c6ccccc6)c45)c(-c4nc(-c5ccccc5)nc(-c5ccccc5)n4)c3)c2)cc1. The van der Waals surface area contributed by atoms with Gasteiger partial charge in [0, 0.05) is 49.5 Å². The topological polar surface area (TPSA) is 56.7 Å². The minimum absolute atomic E-state index is 0.568. The molecule has 0 aliphatic heterocycles. The van der Waals surface area contributed by atoms with Gasteiger partial charge in [0.2, 0.25) is 0 Å². The van der Waals surface area contributed by atoms with Gasteiger partial charge in [-0.15, -0.1) is 0 Å². The van der Waals surface area contributed by atoms with Gasteiger partial charge in [-0.1, -0.05) is 188 Å². The number of fused-ring (bicyclic) bond motifs is 7. The molecular formula is C63H40N4O. The van der Waals surface area contributed by atoms with Crippen LogP contribution in [0.4, 0.5) is 0 Å². The molecule has 10 aromatic carbocycles. The molecule has 0 fully saturated rings. The van der Waals surface area contributed by atoms with Crippen molar-refractivity contribution in [2.24, 2.45) is 0 Å². The van der Waals surface area contributed by atoms with Crippen LogP contribution in [-0.4, -0.2) is 19.5 Å². The molecule has 0 saturated heterocycles. The average molecular weight is 869 g/mol. The van der Waals surface area contributed by atoms with E-state index in [-0.39, 0.29) is 0 Å². The number of aromatic nitrogens is 4. The Morgan fingerprint density at radius 1 is 0.294 bits per heavy atom. The van der Waals surface area contributed by atoms with Gasteiger partial charge in [0.05, 0.1) is 11.0 Å². The number of nitrogens with zero attached hydrogens (tertiary/aromatic N) is 4. The molecule has 68 heavy (non-hydrogen) atoms. The van der Waals surface area contributed by atoms with E-state index in [1.165, 1.54) is 10.8 Å². The van der Waals surface area contributed by atoms with Gasteiger partial charge in [-0.3, -0.25) is 0 Å². The van der Waals surface area contributed by atoms with E-state index in [4.69, 9.17) is 19.4 Å². The summed E-state index contributed by atoms with van der Waals surface area (Å²) in [6, 6.07) is 85.1. The Kier molecular flexibility index (Phi) is 9.43. The van der Waals surface area contributed by atoms with Crippen molar-refractivity contribution in [3.05, 3.63) is 243 Å². The van der Waals surface area contributed by atoms with Crippen LogP contribution in [0, 0.1) is 0 Å². The summed E-state index contributed by atoms with van der Waals surface area (Å²) in [5.41, 5.74) is 16.3. The first-order chi connectivity index (χ1) is 33.7. The second kappa shape index (κ2) is 16.4. The summed E-state index contributed by atoms with van der Waals surface area (Å²) in [4.78, 5) is 15.7. The van der Waals surface area contributed by atoms with Crippen molar-refractivity contribution >= 4 is 43.7 Å². The number of hydrogen-bond acceptors (Lipinski definition) is 4. The van der Waals surface area contributed by atoms with E-state index >= 15 is 0 Å². The molecule has 0 aliphatic rings. The number of benzene rings is 10. The Labute approximate surface area is 392 Å². The van der Waals surface area contributed by atoms with Gasteiger partial charge in [-0.25, -0.2) is 15.0 Å². The maximum atomic E-state index is 7.07. The lowest BCUT2D eigenvalue weighted by Gasteiger charge is -2.16. The Morgan fingerprint density at radius 3 is 1.43 bits per heavy atom. The molecule has 5 nitrogen and oxygen atoms in total. The molecule has 0 unspecified atom stereocenters. The largest absolute Gasteiger partial charge is 0.455 e. The Bertz CT molecular complexity index is 3880. The van der Waals surface area contributed by atoms with Gasteiger partial charge in [0.25, 0.3) is 0 Å². The maximum Gasteiger partial charge on any atom is 0.164 e. The van der Waals surface area contributed by atoms with Crippen molar-refractivity contribution in [2.45, 2.75) is 0 Å². The Hall–Kier alpha value is -9.19. The van der Waals surface area contributed by atoms with Crippen LogP contribution in [0.3, 0.4) is 0 Å². The molecule has 5 heteroatoms. The summed E-state index contributed by atoms with van der Waals surface area (Å²) >= 11 is 0. The summed E-state index contributed by atoms with van der Waals surface area (Å²) in [6.07, 6.45) is 0. The van der Waals surface area contributed by atoms with Gasteiger partial charge in [-0.2, -0.15) is 0 Å². The number of hydrogen-bond donors (Lipinski definition) is 0. The normalized spacial score (nSPS) is 11.5. The highest BCUT2D eigenvalue weighted by molar-refractivity contribution is 6.28. The van der Waals surface area contributed by atoms with E-state index in [1.807, 2.05) is 36.4 Å². The fourth-order valence-corrected chi connectivity index (χ4v) is 9.88. The molecule has 13 rings (SSSR count). The van der Waals surface area contributed by atoms with E-state index in [2.05, 4.69) is 211 Å². The minimum Gasteiger partial charge on any atom is -0.455 e. The zero-order chi connectivity index (χ0) is 45.0. The fourth-order valence-electron chi connectivity index (χ4n) is 9.88.